The summed E-state index contributed by atoms with van der Waals surface area (Å²) in [5.74, 6) is 1.45. The van der Waals surface area contributed by atoms with E-state index >= 15 is 0 Å². The smallest absolute Gasteiger partial charge is 0.251 e. The second-order valence-corrected chi connectivity index (χ2v) is 5.14. The van der Waals surface area contributed by atoms with Crippen LogP contribution in [0.1, 0.15) is 36.0 Å². The van der Waals surface area contributed by atoms with Crippen LogP contribution in [-0.4, -0.2) is 30.9 Å². The summed E-state index contributed by atoms with van der Waals surface area (Å²) in [6, 6.07) is 5.29. The fourth-order valence-corrected chi connectivity index (χ4v) is 2.54. The molecule has 1 amide bonds. The van der Waals surface area contributed by atoms with Crippen molar-refractivity contribution in [1.29, 1.82) is 0 Å². The van der Waals surface area contributed by atoms with E-state index < -0.39 is 0 Å². The maximum Gasteiger partial charge on any atom is 0.251 e. The minimum absolute atomic E-state index is 0.0911. The Balaban J connectivity index is 1.66. The highest BCUT2D eigenvalue weighted by Crippen LogP contribution is 2.30. The van der Waals surface area contributed by atoms with E-state index in [9.17, 15) is 9.59 Å². The number of ketones is 1. The molecule has 1 heterocycles. The third-order valence-electron chi connectivity index (χ3n) is 3.68. The zero-order valence-corrected chi connectivity index (χ0v) is 11.2. The highest BCUT2D eigenvalue weighted by molar-refractivity contribution is 5.95. The summed E-state index contributed by atoms with van der Waals surface area (Å²) < 4.78 is 10.9. The number of carbonyl (C=O) groups excluding carboxylic acids is 2. The number of ether oxygens (including phenoxy) is 2. The van der Waals surface area contributed by atoms with Crippen molar-refractivity contribution in [3.05, 3.63) is 23.8 Å². The van der Waals surface area contributed by atoms with Gasteiger partial charge in [-0.2, -0.15) is 0 Å². The van der Waals surface area contributed by atoms with Gasteiger partial charge in [0.25, 0.3) is 5.91 Å². The molecule has 1 N–H and O–H groups in total. The molecule has 2 aliphatic rings. The Morgan fingerprint density at radius 1 is 1.10 bits per heavy atom. The molecule has 1 aliphatic carbocycles. The number of nitrogens with one attached hydrogen (secondary N) is 1. The van der Waals surface area contributed by atoms with Crippen molar-refractivity contribution in [3.63, 3.8) is 0 Å². The SMILES string of the molecule is O=C1CCC(NC(=O)c2ccc3c(c2)OCCO3)CC1. The Hall–Kier alpha value is -2.04. The van der Waals surface area contributed by atoms with E-state index in [1.807, 2.05) is 0 Å². The van der Waals surface area contributed by atoms with Gasteiger partial charge >= 0.3 is 0 Å². The predicted molar refractivity (Wildman–Crippen MR) is 72.2 cm³/mol. The molecular weight excluding hydrogens is 258 g/mol. The molecule has 1 saturated carbocycles. The lowest BCUT2D eigenvalue weighted by molar-refractivity contribution is -0.120. The molecule has 0 aromatic heterocycles. The zero-order chi connectivity index (χ0) is 13.9. The molecule has 20 heavy (non-hydrogen) atoms. The Morgan fingerprint density at radius 2 is 1.80 bits per heavy atom. The summed E-state index contributed by atoms with van der Waals surface area (Å²) in [5, 5.41) is 2.97. The Morgan fingerprint density at radius 3 is 2.55 bits per heavy atom. The third kappa shape index (κ3) is 2.76. The summed E-state index contributed by atoms with van der Waals surface area (Å²) in [6.07, 6.45) is 2.59. The number of fused-ring (bicyclic) bond motifs is 1. The van der Waals surface area contributed by atoms with Crippen LogP contribution in [0.15, 0.2) is 18.2 Å². The first-order valence-electron chi connectivity index (χ1n) is 6.94. The molecule has 106 valence electrons. The minimum atomic E-state index is -0.124. The number of amides is 1. The first-order valence-corrected chi connectivity index (χ1v) is 6.94. The van der Waals surface area contributed by atoms with Crippen LogP contribution in [0, 0.1) is 0 Å². The molecule has 1 aliphatic heterocycles. The molecular formula is C15H17NO4. The molecule has 0 radical (unpaired) electrons. The summed E-state index contributed by atoms with van der Waals surface area (Å²) in [4.78, 5) is 23.4. The van der Waals surface area contributed by atoms with Gasteiger partial charge in [-0.15, -0.1) is 0 Å². The van der Waals surface area contributed by atoms with Crippen LogP contribution in [0.2, 0.25) is 0 Å². The molecule has 5 nitrogen and oxygen atoms in total. The average Bonchev–Trinajstić information content (AvgIpc) is 2.49. The quantitative estimate of drug-likeness (QED) is 0.892. The molecule has 0 unspecified atom stereocenters. The maximum atomic E-state index is 12.2. The van der Waals surface area contributed by atoms with Crippen molar-refractivity contribution in [1.82, 2.24) is 5.32 Å². The van der Waals surface area contributed by atoms with Gasteiger partial charge < -0.3 is 14.8 Å². The van der Waals surface area contributed by atoms with Gasteiger partial charge in [-0.05, 0) is 31.0 Å². The fraction of sp³-hybridized carbons (Fsp3) is 0.467. The first kappa shape index (κ1) is 13.0. The normalized spacial score (nSPS) is 18.7. The first-order chi connectivity index (χ1) is 9.72. The van der Waals surface area contributed by atoms with Gasteiger partial charge in [-0.25, -0.2) is 0 Å². The summed E-state index contributed by atoms with van der Waals surface area (Å²) in [6.45, 7) is 1.04. The standard InChI is InChI=1S/C15H17NO4/c17-12-4-2-11(3-5-12)16-15(18)10-1-6-13-14(9-10)20-8-7-19-13/h1,6,9,11H,2-5,7-8H2,(H,16,18). The van der Waals surface area contributed by atoms with Crippen molar-refractivity contribution < 1.29 is 19.1 Å². The molecule has 1 aromatic rings. The molecule has 1 fully saturated rings. The predicted octanol–water partition coefficient (Wildman–Crippen LogP) is 1.70. The largest absolute Gasteiger partial charge is 0.486 e. The molecule has 0 bridgehead atoms. The van der Waals surface area contributed by atoms with Crippen LogP contribution in [0.4, 0.5) is 0 Å². The van der Waals surface area contributed by atoms with Crippen molar-refractivity contribution in [2.75, 3.05) is 13.2 Å². The van der Waals surface area contributed by atoms with Crippen LogP contribution >= 0.6 is 0 Å². The second kappa shape index (κ2) is 5.53. The van der Waals surface area contributed by atoms with E-state index in [1.165, 1.54) is 0 Å². The Labute approximate surface area is 117 Å². The number of hydrogen-bond acceptors (Lipinski definition) is 4. The van der Waals surface area contributed by atoms with Gasteiger partial charge in [0, 0.05) is 24.4 Å². The van der Waals surface area contributed by atoms with Crippen LogP contribution in [-0.2, 0) is 4.79 Å². The Bertz CT molecular complexity index is 531. The van der Waals surface area contributed by atoms with Crippen molar-refractivity contribution >= 4 is 11.7 Å². The molecule has 3 rings (SSSR count). The van der Waals surface area contributed by atoms with E-state index in [0.717, 1.165) is 12.8 Å². The van der Waals surface area contributed by atoms with Crippen molar-refractivity contribution in [2.24, 2.45) is 0 Å². The van der Waals surface area contributed by atoms with Crippen molar-refractivity contribution in [2.45, 2.75) is 31.7 Å². The number of hydrogen-bond donors (Lipinski definition) is 1. The van der Waals surface area contributed by atoms with E-state index in [1.54, 1.807) is 18.2 Å². The van der Waals surface area contributed by atoms with Crippen molar-refractivity contribution in [3.8, 4) is 11.5 Å². The molecule has 5 heteroatoms. The maximum absolute atomic E-state index is 12.2. The monoisotopic (exact) mass is 275 g/mol. The zero-order valence-electron chi connectivity index (χ0n) is 11.2. The van der Waals surface area contributed by atoms with Crippen LogP contribution in [0.3, 0.4) is 0 Å². The summed E-state index contributed by atoms with van der Waals surface area (Å²) in [7, 11) is 0. The fourth-order valence-electron chi connectivity index (χ4n) is 2.54. The number of benzene rings is 1. The van der Waals surface area contributed by atoms with E-state index in [2.05, 4.69) is 5.32 Å². The number of carbonyl (C=O) groups is 2. The summed E-state index contributed by atoms with van der Waals surface area (Å²) in [5.41, 5.74) is 0.561. The highest BCUT2D eigenvalue weighted by Gasteiger charge is 2.21. The lowest BCUT2D eigenvalue weighted by Crippen LogP contribution is -2.37. The highest BCUT2D eigenvalue weighted by atomic mass is 16.6. The van der Waals surface area contributed by atoms with Gasteiger partial charge in [-0.1, -0.05) is 0 Å². The average molecular weight is 275 g/mol. The third-order valence-corrected chi connectivity index (χ3v) is 3.68. The van der Waals surface area contributed by atoms with Gasteiger partial charge in [0.2, 0.25) is 0 Å². The molecule has 0 saturated heterocycles. The molecule has 1 aromatic carbocycles. The molecule has 0 atom stereocenters. The molecule has 0 spiro atoms. The second-order valence-electron chi connectivity index (χ2n) is 5.14. The lowest BCUT2D eigenvalue weighted by atomic mass is 9.94. The van der Waals surface area contributed by atoms with Gasteiger partial charge in [0.15, 0.2) is 11.5 Å². The van der Waals surface area contributed by atoms with E-state index in [0.29, 0.717) is 43.1 Å². The lowest BCUT2D eigenvalue weighted by Gasteiger charge is -2.23. The van der Waals surface area contributed by atoms with E-state index in [4.69, 9.17) is 9.47 Å². The van der Waals surface area contributed by atoms with Gasteiger partial charge in [-0.3, -0.25) is 9.59 Å². The van der Waals surface area contributed by atoms with Crippen LogP contribution < -0.4 is 14.8 Å². The number of Topliss-reactive ketones (excluding diaryl/α,β-unsaturated/α-hetero) is 1. The Kier molecular flexibility index (Phi) is 3.58. The number of rotatable bonds is 2. The minimum Gasteiger partial charge on any atom is -0.486 e. The van der Waals surface area contributed by atoms with E-state index in [-0.39, 0.29) is 17.7 Å². The van der Waals surface area contributed by atoms with Crippen LogP contribution in [0.5, 0.6) is 11.5 Å². The van der Waals surface area contributed by atoms with Gasteiger partial charge in [0.1, 0.15) is 19.0 Å². The van der Waals surface area contributed by atoms with Crippen LogP contribution in [0.25, 0.3) is 0 Å². The topological polar surface area (TPSA) is 64.6 Å². The van der Waals surface area contributed by atoms with Gasteiger partial charge in [0.05, 0.1) is 0 Å². The summed E-state index contributed by atoms with van der Waals surface area (Å²) >= 11 is 0.